The van der Waals surface area contributed by atoms with E-state index in [1.54, 1.807) is 42.5 Å². The van der Waals surface area contributed by atoms with Gasteiger partial charge in [0.15, 0.2) is 11.5 Å². The zero-order valence-electron chi connectivity index (χ0n) is 14.6. The van der Waals surface area contributed by atoms with Crippen molar-refractivity contribution in [1.29, 1.82) is 5.26 Å². The van der Waals surface area contributed by atoms with Gasteiger partial charge in [-0.1, -0.05) is 18.2 Å². The first kappa shape index (κ1) is 17.5. The van der Waals surface area contributed by atoms with E-state index in [2.05, 4.69) is 6.07 Å². The summed E-state index contributed by atoms with van der Waals surface area (Å²) in [6.07, 6.45) is -0.0106. The summed E-state index contributed by atoms with van der Waals surface area (Å²) < 4.78 is 10.9. The molecule has 3 rings (SSSR count). The summed E-state index contributed by atoms with van der Waals surface area (Å²) in [5, 5.41) is 9.27. The van der Waals surface area contributed by atoms with Crippen LogP contribution in [0.25, 0.3) is 0 Å². The highest BCUT2D eigenvalue weighted by Gasteiger charge is 2.40. The molecular formula is C20H18N2O4. The van der Waals surface area contributed by atoms with Crippen LogP contribution < -0.4 is 9.47 Å². The number of carbonyl (C=O) groups is 2. The molecule has 0 spiro atoms. The number of ether oxygens (including phenoxy) is 2. The van der Waals surface area contributed by atoms with E-state index in [-0.39, 0.29) is 18.2 Å². The Hall–Kier alpha value is -3.33. The molecule has 6 nitrogen and oxygen atoms in total. The summed E-state index contributed by atoms with van der Waals surface area (Å²) in [5.41, 5.74) is 1.36. The Bertz CT molecular complexity index is 866. The molecule has 0 saturated heterocycles. The molecule has 0 N–H and O–H groups in total. The predicted octanol–water partition coefficient (Wildman–Crippen LogP) is 3.34. The maximum absolute atomic E-state index is 12.8. The van der Waals surface area contributed by atoms with Gasteiger partial charge in [-0.05, 0) is 36.8 Å². The van der Waals surface area contributed by atoms with E-state index in [4.69, 9.17) is 9.47 Å². The van der Waals surface area contributed by atoms with Gasteiger partial charge in [0, 0.05) is 0 Å². The Labute approximate surface area is 151 Å². The number of methoxy groups -OCH3 is 1. The van der Waals surface area contributed by atoms with Crippen LogP contribution in [0.5, 0.6) is 11.5 Å². The van der Waals surface area contributed by atoms with E-state index in [0.29, 0.717) is 34.8 Å². The number of imide groups is 1. The molecule has 0 aromatic heterocycles. The molecule has 0 fully saturated rings. The van der Waals surface area contributed by atoms with Gasteiger partial charge in [-0.2, -0.15) is 5.26 Å². The largest absolute Gasteiger partial charge is 0.493 e. The molecule has 2 aromatic carbocycles. The first-order chi connectivity index (χ1) is 12.6. The van der Waals surface area contributed by atoms with Crippen LogP contribution in [0.2, 0.25) is 0 Å². The first-order valence-corrected chi connectivity index (χ1v) is 8.27. The topological polar surface area (TPSA) is 79.6 Å². The highest BCUT2D eigenvalue weighted by atomic mass is 16.5. The first-order valence-electron chi connectivity index (χ1n) is 8.27. The van der Waals surface area contributed by atoms with Gasteiger partial charge in [-0.15, -0.1) is 0 Å². The van der Waals surface area contributed by atoms with E-state index < -0.39 is 6.04 Å². The fourth-order valence-electron chi connectivity index (χ4n) is 3.10. The summed E-state index contributed by atoms with van der Waals surface area (Å²) in [6.45, 7) is 2.29. The SMILES string of the molecule is CCOc1cc([C@@H](CC#N)N2C(=O)c3ccccc3C2=O)ccc1OC. The number of carbonyl (C=O) groups excluding carboxylic acids is 2. The van der Waals surface area contributed by atoms with Gasteiger partial charge in [-0.25, -0.2) is 0 Å². The number of nitrogens with zero attached hydrogens (tertiary/aromatic N) is 2. The maximum atomic E-state index is 12.8. The van der Waals surface area contributed by atoms with Gasteiger partial charge < -0.3 is 9.47 Å². The molecular weight excluding hydrogens is 332 g/mol. The molecule has 6 heteroatoms. The van der Waals surface area contributed by atoms with Crippen molar-refractivity contribution in [3.05, 3.63) is 59.2 Å². The van der Waals surface area contributed by atoms with E-state index >= 15 is 0 Å². The number of rotatable bonds is 6. The second-order valence-electron chi connectivity index (χ2n) is 5.75. The van der Waals surface area contributed by atoms with Gasteiger partial charge >= 0.3 is 0 Å². The summed E-state index contributed by atoms with van der Waals surface area (Å²) >= 11 is 0. The summed E-state index contributed by atoms with van der Waals surface area (Å²) in [6, 6.07) is 13.2. The van der Waals surface area contributed by atoms with Crippen molar-refractivity contribution >= 4 is 11.8 Å². The minimum atomic E-state index is -0.697. The van der Waals surface area contributed by atoms with E-state index in [9.17, 15) is 14.9 Å². The van der Waals surface area contributed by atoms with Crippen LogP contribution in [0.4, 0.5) is 0 Å². The third kappa shape index (κ3) is 2.88. The Morgan fingerprint density at radius 3 is 2.27 bits per heavy atom. The van der Waals surface area contributed by atoms with Crippen molar-refractivity contribution < 1.29 is 19.1 Å². The number of fused-ring (bicyclic) bond motifs is 1. The third-order valence-electron chi connectivity index (χ3n) is 4.29. The molecule has 1 aliphatic heterocycles. The maximum Gasteiger partial charge on any atom is 0.262 e. The number of benzene rings is 2. The zero-order chi connectivity index (χ0) is 18.7. The molecule has 132 valence electrons. The molecule has 0 radical (unpaired) electrons. The molecule has 0 unspecified atom stereocenters. The van der Waals surface area contributed by atoms with Crippen LogP contribution in [0.3, 0.4) is 0 Å². The summed E-state index contributed by atoms with van der Waals surface area (Å²) in [5.74, 6) is 0.278. The van der Waals surface area contributed by atoms with Crippen LogP contribution in [-0.2, 0) is 0 Å². The van der Waals surface area contributed by atoms with E-state index in [0.717, 1.165) is 4.90 Å². The molecule has 2 aromatic rings. The number of nitriles is 1. The fraction of sp³-hybridized carbons (Fsp3) is 0.250. The average molecular weight is 350 g/mol. The zero-order valence-corrected chi connectivity index (χ0v) is 14.6. The predicted molar refractivity (Wildman–Crippen MR) is 94.1 cm³/mol. The van der Waals surface area contributed by atoms with Crippen molar-refractivity contribution in [2.24, 2.45) is 0 Å². The minimum absolute atomic E-state index is 0.0106. The summed E-state index contributed by atoms with van der Waals surface area (Å²) in [7, 11) is 1.54. The highest BCUT2D eigenvalue weighted by Crippen LogP contribution is 2.37. The molecule has 26 heavy (non-hydrogen) atoms. The quantitative estimate of drug-likeness (QED) is 0.747. The van der Waals surface area contributed by atoms with Gasteiger partial charge in [0.2, 0.25) is 0 Å². The third-order valence-corrected chi connectivity index (χ3v) is 4.29. The van der Waals surface area contributed by atoms with Crippen LogP contribution in [0, 0.1) is 11.3 Å². The average Bonchev–Trinajstić information content (AvgIpc) is 2.91. The standard InChI is InChI=1S/C20H18N2O4/c1-3-26-18-12-13(8-9-17(18)25-2)16(10-11-21)22-19(23)14-6-4-5-7-15(14)20(22)24/h4-9,12,16H,3,10H2,1-2H3/t16-/m1/s1. The van der Waals surface area contributed by atoms with E-state index in [1.165, 1.54) is 7.11 Å². The lowest BCUT2D eigenvalue weighted by Crippen LogP contribution is -2.34. The lowest BCUT2D eigenvalue weighted by Gasteiger charge is -2.25. The Kier molecular flexibility index (Phi) is 4.90. The van der Waals surface area contributed by atoms with Crippen molar-refractivity contribution in [2.45, 2.75) is 19.4 Å². The number of amides is 2. The van der Waals surface area contributed by atoms with Crippen LogP contribution in [0.15, 0.2) is 42.5 Å². The van der Waals surface area contributed by atoms with Gasteiger partial charge in [-0.3, -0.25) is 14.5 Å². The van der Waals surface area contributed by atoms with Crippen molar-refractivity contribution in [1.82, 2.24) is 4.90 Å². The summed E-state index contributed by atoms with van der Waals surface area (Å²) in [4.78, 5) is 26.7. The molecule has 2 amide bonds. The molecule has 0 saturated carbocycles. The van der Waals surface area contributed by atoms with Crippen LogP contribution in [-0.4, -0.2) is 30.4 Å². The van der Waals surface area contributed by atoms with Crippen molar-refractivity contribution in [3.8, 4) is 17.6 Å². The molecule has 0 aliphatic carbocycles. The normalized spacial score (nSPS) is 14.0. The van der Waals surface area contributed by atoms with E-state index in [1.807, 2.05) is 6.92 Å². The van der Waals surface area contributed by atoms with Crippen LogP contribution in [0.1, 0.15) is 45.7 Å². The lowest BCUT2D eigenvalue weighted by atomic mass is 10.0. The van der Waals surface area contributed by atoms with Gasteiger partial charge in [0.25, 0.3) is 11.8 Å². The minimum Gasteiger partial charge on any atom is -0.493 e. The number of hydrogen-bond donors (Lipinski definition) is 0. The number of hydrogen-bond acceptors (Lipinski definition) is 5. The Balaban J connectivity index is 2.04. The second-order valence-corrected chi connectivity index (χ2v) is 5.75. The lowest BCUT2D eigenvalue weighted by molar-refractivity contribution is 0.0584. The van der Waals surface area contributed by atoms with Crippen LogP contribution >= 0.6 is 0 Å². The highest BCUT2D eigenvalue weighted by molar-refractivity contribution is 6.21. The van der Waals surface area contributed by atoms with Gasteiger partial charge in [0.05, 0.1) is 43.4 Å². The fourth-order valence-corrected chi connectivity index (χ4v) is 3.10. The Morgan fingerprint density at radius 2 is 1.73 bits per heavy atom. The smallest absolute Gasteiger partial charge is 0.262 e. The molecule has 0 bridgehead atoms. The molecule has 1 heterocycles. The van der Waals surface area contributed by atoms with Crippen molar-refractivity contribution in [2.75, 3.05) is 13.7 Å². The molecule has 1 atom stereocenters. The Morgan fingerprint density at radius 1 is 1.08 bits per heavy atom. The molecule has 1 aliphatic rings. The second kappa shape index (κ2) is 7.28. The monoisotopic (exact) mass is 350 g/mol. The van der Waals surface area contributed by atoms with Gasteiger partial charge in [0.1, 0.15) is 0 Å². The van der Waals surface area contributed by atoms with Crippen molar-refractivity contribution in [3.63, 3.8) is 0 Å².